The van der Waals surface area contributed by atoms with Gasteiger partial charge in [0.1, 0.15) is 0 Å². The van der Waals surface area contributed by atoms with E-state index < -0.39 is 10.0 Å². The van der Waals surface area contributed by atoms with Crippen LogP contribution in [0.15, 0.2) is 23.1 Å². The Morgan fingerprint density at radius 2 is 2.00 bits per heavy atom. The van der Waals surface area contributed by atoms with E-state index in [1.165, 1.54) is 22.5 Å². The number of carbonyl (C=O) groups excluding carboxylic acids is 1. The third-order valence-corrected chi connectivity index (χ3v) is 6.95. The molecule has 1 aliphatic rings. The second-order valence-electron chi connectivity index (χ2n) is 6.20. The predicted molar refractivity (Wildman–Crippen MR) is 102 cm³/mol. The molecule has 1 atom stereocenters. The number of sulfonamides is 1. The molecular weight excluding hydrogens is 376 g/mol. The SMILES string of the molecule is CCOC1CCCN(C(=O)c2cc(S(=O)(=O)N(CC)CC)ccc2Cl)C1. The monoisotopic (exact) mass is 402 g/mol. The number of nitrogens with zero attached hydrogens (tertiary/aromatic N) is 2. The second-order valence-corrected chi connectivity index (χ2v) is 8.55. The minimum atomic E-state index is -3.64. The molecule has 1 unspecified atom stereocenters. The lowest BCUT2D eigenvalue weighted by Gasteiger charge is -2.32. The summed E-state index contributed by atoms with van der Waals surface area (Å²) in [6.07, 6.45) is 1.78. The van der Waals surface area contributed by atoms with Crippen molar-refractivity contribution in [2.75, 3.05) is 32.8 Å². The van der Waals surface area contributed by atoms with E-state index in [2.05, 4.69) is 0 Å². The molecule has 6 nitrogen and oxygen atoms in total. The molecule has 0 spiro atoms. The van der Waals surface area contributed by atoms with Crippen molar-refractivity contribution in [1.82, 2.24) is 9.21 Å². The fourth-order valence-corrected chi connectivity index (χ4v) is 4.89. The number of hydrogen-bond donors (Lipinski definition) is 0. The third kappa shape index (κ3) is 4.57. The van der Waals surface area contributed by atoms with Gasteiger partial charge in [-0.2, -0.15) is 4.31 Å². The van der Waals surface area contributed by atoms with Crippen LogP contribution in [-0.4, -0.2) is 62.4 Å². The van der Waals surface area contributed by atoms with Gasteiger partial charge in [-0.15, -0.1) is 0 Å². The van der Waals surface area contributed by atoms with Crippen molar-refractivity contribution in [2.45, 2.75) is 44.6 Å². The summed E-state index contributed by atoms with van der Waals surface area (Å²) < 4.78 is 32.5. The number of rotatable bonds is 7. The lowest BCUT2D eigenvalue weighted by molar-refractivity contribution is 0.00724. The molecule has 1 aromatic carbocycles. The van der Waals surface area contributed by atoms with Crippen LogP contribution in [-0.2, 0) is 14.8 Å². The summed E-state index contributed by atoms with van der Waals surface area (Å²) in [6.45, 7) is 7.95. The summed E-state index contributed by atoms with van der Waals surface area (Å²) in [5.41, 5.74) is 0.219. The molecule has 26 heavy (non-hydrogen) atoms. The average Bonchev–Trinajstić information content (AvgIpc) is 2.62. The van der Waals surface area contributed by atoms with E-state index in [1.807, 2.05) is 6.92 Å². The van der Waals surface area contributed by atoms with Crippen molar-refractivity contribution >= 4 is 27.5 Å². The molecule has 146 valence electrons. The third-order valence-electron chi connectivity index (χ3n) is 4.58. The van der Waals surface area contributed by atoms with Gasteiger partial charge in [0.15, 0.2) is 0 Å². The van der Waals surface area contributed by atoms with Gasteiger partial charge in [0, 0.05) is 32.8 Å². The zero-order valence-electron chi connectivity index (χ0n) is 15.6. The van der Waals surface area contributed by atoms with Gasteiger partial charge in [-0.1, -0.05) is 25.4 Å². The number of piperidine rings is 1. The fourth-order valence-electron chi connectivity index (χ4n) is 3.21. The van der Waals surface area contributed by atoms with Gasteiger partial charge in [-0.3, -0.25) is 4.79 Å². The first-order valence-electron chi connectivity index (χ1n) is 9.05. The van der Waals surface area contributed by atoms with Gasteiger partial charge in [0.05, 0.1) is 21.6 Å². The molecular formula is C18H27ClN2O4S. The number of halogens is 1. The lowest BCUT2D eigenvalue weighted by atomic mass is 10.1. The number of ether oxygens (including phenoxy) is 1. The summed E-state index contributed by atoms with van der Waals surface area (Å²) in [6, 6.07) is 4.32. The van der Waals surface area contributed by atoms with Gasteiger partial charge in [0.2, 0.25) is 10.0 Å². The van der Waals surface area contributed by atoms with Crippen molar-refractivity contribution in [3.63, 3.8) is 0 Å². The average molecular weight is 403 g/mol. The second kappa shape index (κ2) is 9.17. The van der Waals surface area contributed by atoms with Gasteiger partial charge >= 0.3 is 0 Å². The van der Waals surface area contributed by atoms with Crippen molar-refractivity contribution in [3.05, 3.63) is 28.8 Å². The topological polar surface area (TPSA) is 66.9 Å². The Kier molecular flexibility index (Phi) is 7.46. The van der Waals surface area contributed by atoms with Crippen LogP contribution in [0.1, 0.15) is 44.0 Å². The predicted octanol–water partition coefficient (Wildman–Crippen LogP) is 3.01. The Morgan fingerprint density at radius 1 is 1.31 bits per heavy atom. The number of amides is 1. The van der Waals surface area contributed by atoms with E-state index in [-0.39, 0.29) is 27.5 Å². The molecule has 0 bridgehead atoms. The maximum Gasteiger partial charge on any atom is 0.255 e. The molecule has 1 heterocycles. The molecule has 1 aliphatic heterocycles. The Morgan fingerprint density at radius 3 is 2.62 bits per heavy atom. The van der Waals surface area contributed by atoms with E-state index in [0.717, 1.165) is 12.8 Å². The van der Waals surface area contributed by atoms with Crippen LogP contribution in [0.25, 0.3) is 0 Å². The van der Waals surface area contributed by atoms with E-state index >= 15 is 0 Å². The zero-order valence-corrected chi connectivity index (χ0v) is 17.1. The molecule has 1 fully saturated rings. The quantitative estimate of drug-likeness (QED) is 0.703. The maximum absolute atomic E-state index is 12.9. The van der Waals surface area contributed by atoms with Gasteiger partial charge in [-0.05, 0) is 38.0 Å². The molecule has 0 aromatic heterocycles. The molecule has 8 heteroatoms. The number of hydrogen-bond acceptors (Lipinski definition) is 4. The van der Waals surface area contributed by atoms with Crippen LogP contribution in [0, 0.1) is 0 Å². The van der Waals surface area contributed by atoms with E-state index in [4.69, 9.17) is 16.3 Å². The summed E-state index contributed by atoms with van der Waals surface area (Å²) >= 11 is 6.22. The highest BCUT2D eigenvalue weighted by molar-refractivity contribution is 7.89. The highest BCUT2D eigenvalue weighted by atomic mass is 35.5. The summed E-state index contributed by atoms with van der Waals surface area (Å²) in [5, 5.41) is 0.257. The molecule has 0 N–H and O–H groups in total. The lowest BCUT2D eigenvalue weighted by Crippen LogP contribution is -2.43. The molecule has 2 rings (SSSR count). The van der Waals surface area contributed by atoms with Gasteiger partial charge < -0.3 is 9.64 Å². The van der Waals surface area contributed by atoms with Crippen molar-refractivity contribution in [2.24, 2.45) is 0 Å². The van der Waals surface area contributed by atoms with Crippen LogP contribution >= 0.6 is 11.6 Å². The van der Waals surface area contributed by atoms with E-state index in [9.17, 15) is 13.2 Å². The molecule has 1 saturated heterocycles. The molecule has 1 aromatic rings. The van der Waals surface area contributed by atoms with Gasteiger partial charge in [0.25, 0.3) is 5.91 Å². The first kappa shape index (κ1) is 21.2. The first-order chi connectivity index (χ1) is 12.3. The summed E-state index contributed by atoms with van der Waals surface area (Å²) in [4.78, 5) is 14.7. The maximum atomic E-state index is 12.9. The molecule has 0 aliphatic carbocycles. The smallest absolute Gasteiger partial charge is 0.255 e. The van der Waals surface area contributed by atoms with Crippen molar-refractivity contribution in [1.29, 1.82) is 0 Å². The summed E-state index contributed by atoms with van der Waals surface area (Å²) in [7, 11) is -3.64. The van der Waals surface area contributed by atoms with E-state index in [0.29, 0.717) is 32.8 Å². The molecule has 1 amide bonds. The Hall–Kier alpha value is -1.15. The van der Waals surface area contributed by atoms with E-state index in [1.54, 1.807) is 18.7 Å². The van der Waals surface area contributed by atoms with Crippen LogP contribution in [0.5, 0.6) is 0 Å². The number of likely N-dealkylation sites (tertiary alicyclic amines) is 1. The number of carbonyl (C=O) groups is 1. The highest BCUT2D eigenvalue weighted by Gasteiger charge is 2.28. The van der Waals surface area contributed by atoms with Crippen molar-refractivity contribution in [3.8, 4) is 0 Å². The minimum Gasteiger partial charge on any atom is -0.377 e. The fraction of sp³-hybridized carbons (Fsp3) is 0.611. The van der Waals surface area contributed by atoms with Crippen LogP contribution in [0.2, 0.25) is 5.02 Å². The molecule has 0 radical (unpaired) electrons. The van der Waals surface area contributed by atoms with Crippen LogP contribution in [0.3, 0.4) is 0 Å². The molecule has 0 saturated carbocycles. The van der Waals surface area contributed by atoms with Crippen LogP contribution < -0.4 is 0 Å². The Labute approximate surface area is 161 Å². The van der Waals surface area contributed by atoms with Crippen molar-refractivity contribution < 1.29 is 17.9 Å². The minimum absolute atomic E-state index is 0.0130. The normalized spacial score (nSPS) is 18.3. The Bertz CT molecular complexity index is 733. The summed E-state index contributed by atoms with van der Waals surface area (Å²) in [5.74, 6) is -0.254. The van der Waals surface area contributed by atoms with Crippen LogP contribution in [0.4, 0.5) is 0 Å². The number of benzene rings is 1. The Balaban J connectivity index is 2.31. The highest BCUT2D eigenvalue weighted by Crippen LogP contribution is 2.25. The first-order valence-corrected chi connectivity index (χ1v) is 10.9. The standard InChI is InChI=1S/C18H27ClN2O4S/c1-4-21(5-2)26(23,24)15-9-10-17(19)16(12-15)18(22)20-11-7-8-14(13-20)25-6-3/h9-10,12,14H,4-8,11,13H2,1-3H3. The zero-order chi connectivity index (χ0) is 19.3. The largest absolute Gasteiger partial charge is 0.377 e. The van der Waals surface area contributed by atoms with Gasteiger partial charge in [-0.25, -0.2) is 8.42 Å².